The molecular weight excluding hydrogens is 246 g/mol. The minimum atomic E-state index is -0.00533. The standard InChI is InChI=1S/C10H10ClN3OS/c1-14-6-12-13-10(14)16-9-3-2-7(5-15)4-8(9)11/h2-4,6,15H,5H2,1H3. The van der Waals surface area contributed by atoms with Gasteiger partial charge in [-0.2, -0.15) is 0 Å². The Kier molecular flexibility index (Phi) is 3.48. The van der Waals surface area contributed by atoms with E-state index in [0.717, 1.165) is 15.6 Å². The van der Waals surface area contributed by atoms with Crippen LogP contribution in [-0.2, 0) is 13.7 Å². The van der Waals surface area contributed by atoms with Crippen molar-refractivity contribution in [1.82, 2.24) is 14.8 Å². The van der Waals surface area contributed by atoms with Gasteiger partial charge in [0, 0.05) is 11.9 Å². The van der Waals surface area contributed by atoms with E-state index < -0.39 is 0 Å². The molecule has 0 saturated carbocycles. The first-order valence-electron chi connectivity index (χ1n) is 4.62. The van der Waals surface area contributed by atoms with Crippen molar-refractivity contribution in [3.63, 3.8) is 0 Å². The van der Waals surface area contributed by atoms with E-state index in [4.69, 9.17) is 16.7 Å². The second kappa shape index (κ2) is 4.86. The molecule has 2 aromatic rings. The number of aliphatic hydroxyl groups is 1. The zero-order valence-corrected chi connectivity index (χ0v) is 10.2. The van der Waals surface area contributed by atoms with Crippen LogP contribution in [-0.4, -0.2) is 19.9 Å². The van der Waals surface area contributed by atoms with Crippen molar-refractivity contribution >= 4 is 23.4 Å². The van der Waals surface area contributed by atoms with Gasteiger partial charge in [0.05, 0.1) is 11.6 Å². The van der Waals surface area contributed by atoms with Gasteiger partial charge in [-0.3, -0.25) is 0 Å². The van der Waals surface area contributed by atoms with Crippen LogP contribution in [0.2, 0.25) is 5.02 Å². The molecule has 1 aromatic carbocycles. The summed E-state index contributed by atoms with van der Waals surface area (Å²) in [6, 6.07) is 5.46. The van der Waals surface area contributed by atoms with E-state index in [1.54, 1.807) is 12.4 Å². The number of aryl methyl sites for hydroxylation is 1. The van der Waals surface area contributed by atoms with E-state index in [1.165, 1.54) is 11.8 Å². The summed E-state index contributed by atoms with van der Waals surface area (Å²) in [6.07, 6.45) is 1.64. The van der Waals surface area contributed by atoms with E-state index in [1.807, 2.05) is 23.7 Å². The lowest BCUT2D eigenvalue weighted by Crippen LogP contribution is -1.89. The molecule has 16 heavy (non-hydrogen) atoms. The van der Waals surface area contributed by atoms with Gasteiger partial charge in [-0.15, -0.1) is 10.2 Å². The Labute approximate surface area is 102 Å². The fraction of sp³-hybridized carbons (Fsp3) is 0.200. The molecule has 0 fully saturated rings. The second-order valence-electron chi connectivity index (χ2n) is 3.25. The Balaban J connectivity index is 2.25. The van der Waals surface area contributed by atoms with Crippen LogP contribution in [0.5, 0.6) is 0 Å². The van der Waals surface area contributed by atoms with Gasteiger partial charge < -0.3 is 9.67 Å². The van der Waals surface area contributed by atoms with Gasteiger partial charge in [0.1, 0.15) is 6.33 Å². The predicted octanol–water partition coefficient (Wildman–Crippen LogP) is 2.11. The summed E-state index contributed by atoms with van der Waals surface area (Å²) in [5, 5.41) is 18.1. The average Bonchev–Trinajstić information content (AvgIpc) is 2.67. The lowest BCUT2D eigenvalue weighted by atomic mass is 10.2. The number of aliphatic hydroxyl groups excluding tert-OH is 1. The minimum Gasteiger partial charge on any atom is -0.392 e. The highest BCUT2D eigenvalue weighted by Gasteiger charge is 2.07. The molecule has 0 aliphatic rings. The van der Waals surface area contributed by atoms with Crippen LogP contribution >= 0.6 is 23.4 Å². The first kappa shape index (κ1) is 11.4. The number of hydrogen-bond acceptors (Lipinski definition) is 4. The highest BCUT2D eigenvalue weighted by molar-refractivity contribution is 7.99. The lowest BCUT2D eigenvalue weighted by Gasteiger charge is -2.04. The summed E-state index contributed by atoms with van der Waals surface area (Å²) in [7, 11) is 1.87. The monoisotopic (exact) mass is 255 g/mol. The quantitative estimate of drug-likeness (QED) is 0.913. The maximum Gasteiger partial charge on any atom is 0.195 e. The highest BCUT2D eigenvalue weighted by Crippen LogP contribution is 2.32. The van der Waals surface area contributed by atoms with Crippen LogP contribution in [0.25, 0.3) is 0 Å². The van der Waals surface area contributed by atoms with E-state index in [2.05, 4.69) is 10.2 Å². The van der Waals surface area contributed by atoms with Crippen LogP contribution in [0, 0.1) is 0 Å². The summed E-state index contributed by atoms with van der Waals surface area (Å²) >= 11 is 7.53. The maximum atomic E-state index is 8.96. The van der Waals surface area contributed by atoms with Crippen LogP contribution < -0.4 is 0 Å². The van der Waals surface area contributed by atoms with Gasteiger partial charge in [-0.25, -0.2) is 0 Å². The number of benzene rings is 1. The molecule has 0 aliphatic heterocycles. The van der Waals surface area contributed by atoms with E-state index in [9.17, 15) is 0 Å². The van der Waals surface area contributed by atoms with E-state index >= 15 is 0 Å². The zero-order valence-electron chi connectivity index (χ0n) is 8.59. The molecule has 0 bridgehead atoms. The summed E-state index contributed by atoms with van der Waals surface area (Å²) in [5.41, 5.74) is 0.798. The molecule has 0 atom stereocenters. The third-order valence-corrected chi connectivity index (χ3v) is 3.60. The topological polar surface area (TPSA) is 50.9 Å². The third-order valence-electron chi connectivity index (χ3n) is 2.05. The largest absolute Gasteiger partial charge is 0.392 e. The van der Waals surface area contributed by atoms with Crippen molar-refractivity contribution in [3.8, 4) is 0 Å². The lowest BCUT2D eigenvalue weighted by molar-refractivity contribution is 0.282. The average molecular weight is 256 g/mol. The van der Waals surface area contributed by atoms with Crippen molar-refractivity contribution in [2.24, 2.45) is 7.05 Å². The highest BCUT2D eigenvalue weighted by atomic mass is 35.5. The molecule has 0 amide bonds. The summed E-state index contributed by atoms with van der Waals surface area (Å²) < 4.78 is 1.82. The first-order chi connectivity index (χ1) is 7.70. The van der Waals surface area contributed by atoms with Crippen molar-refractivity contribution in [2.45, 2.75) is 16.7 Å². The summed E-state index contributed by atoms with van der Waals surface area (Å²) in [6.45, 7) is -0.00533. The van der Waals surface area contributed by atoms with Crippen molar-refractivity contribution in [1.29, 1.82) is 0 Å². The molecule has 1 heterocycles. The Hall–Kier alpha value is -1.04. The number of hydrogen-bond donors (Lipinski definition) is 1. The Morgan fingerprint density at radius 1 is 1.50 bits per heavy atom. The van der Waals surface area contributed by atoms with Crippen molar-refractivity contribution < 1.29 is 5.11 Å². The third kappa shape index (κ3) is 2.37. The fourth-order valence-electron chi connectivity index (χ4n) is 1.19. The van der Waals surface area contributed by atoms with Gasteiger partial charge in [0.2, 0.25) is 0 Å². The molecule has 0 radical (unpaired) electrons. The number of aromatic nitrogens is 3. The molecule has 2 rings (SSSR count). The minimum absolute atomic E-state index is 0.00533. The summed E-state index contributed by atoms with van der Waals surface area (Å²) in [4.78, 5) is 0.898. The number of nitrogens with zero attached hydrogens (tertiary/aromatic N) is 3. The van der Waals surface area contributed by atoms with E-state index in [-0.39, 0.29) is 6.61 Å². The first-order valence-corrected chi connectivity index (χ1v) is 5.81. The van der Waals surface area contributed by atoms with Gasteiger partial charge in [-0.05, 0) is 29.5 Å². The zero-order chi connectivity index (χ0) is 11.5. The number of halogens is 1. The normalized spacial score (nSPS) is 10.7. The molecule has 0 saturated heterocycles. The van der Waals surface area contributed by atoms with Gasteiger partial charge in [-0.1, -0.05) is 17.7 Å². The molecule has 0 spiro atoms. The predicted molar refractivity (Wildman–Crippen MR) is 62.5 cm³/mol. The van der Waals surface area contributed by atoms with Gasteiger partial charge in [0.15, 0.2) is 5.16 Å². The second-order valence-corrected chi connectivity index (χ2v) is 4.67. The SMILES string of the molecule is Cn1cnnc1Sc1ccc(CO)cc1Cl. The van der Waals surface area contributed by atoms with Gasteiger partial charge in [0.25, 0.3) is 0 Å². The van der Waals surface area contributed by atoms with Crippen LogP contribution in [0.4, 0.5) is 0 Å². The molecule has 0 unspecified atom stereocenters. The Bertz CT molecular complexity index is 501. The van der Waals surface area contributed by atoms with Crippen molar-refractivity contribution in [3.05, 3.63) is 35.1 Å². The van der Waals surface area contributed by atoms with Crippen molar-refractivity contribution in [2.75, 3.05) is 0 Å². The molecule has 84 valence electrons. The number of rotatable bonds is 3. The molecule has 0 aliphatic carbocycles. The smallest absolute Gasteiger partial charge is 0.195 e. The maximum absolute atomic E-state index is 8.96. The summed E-state index contributed by atoms with van der Waals surface area (Å²) in [5.74, 6) is 0. The molecular formula is C10H10ClN3OS. The van der Waals surface area contributed by atoms with Gasteiger partial charge >= 0.3 is 0 Å². The molecule has 1 N–H and O–H groups in total. The Morgan fingerprint density at radius 3 is 2.88 bits per heavy atom. The fourth-order valence-corrected chi connectivity index (χ4v) is 2.28. The molecule has 6 heteroatoms. The van der Waals surface area contributed by atoms with Crippen LogP contribution in [0.3, 0.4) is 0 Å². The Morgan fingerprint density at radius 2 is 2.31 bits per heavy atom. The molecule has 4 nitrogen and oxygen atoms in total. The van der Waals surface area contributed by atoms with E-state index in [0.29, 0.717) is 5.02 Å². The van der Waals surface area contributed by atoms with Crippen LogP contribution in [0.15, 0.2) is 34.6 Å². The molecule has 1 aromatic heterocycles. The van der Waals surface area contributed by atoms with Crippen LogP contribution in [0.1, 0.15) is 5.56 Å².